The van der Waals surface area contributed by atoms with Crippen molar-refractivity contribution >= 4 is 46.8 Å². The summed E-state index contributed by atoms with van der Waals surface area (Å²) < 4.78 is 51.6. The second-order valence-corrected chi connectivity index (χ2v) is 8.59. The van der Waals surface area contributed by atoms with Gasteiger partial charge >= 0.3 is 6.18 Å². The normalized spacial score (nSPS) is 20.4. The average Bonchev–Trinajstić information content (AvgIpc) is 2.76. The van der Waals surface area contributed by atoms with E-state index in [-0.39, 0.29) is 22.0 Å². The lowest BCUT2D eigenvalue weighted by Gasteiger charge is -2.35. The Morgan fingerprint density at radius 2 is 1.82 bits per heavy atom. The number of rotatable bonds is 6. The van der Waals surface area contributed by atoms with E-state index in [0.29, 0.717) is 0 Å². The fourth-order valence-electron chi connectivity index (χ4n) is 2.91. The Morgan fingerprint density at radius 1 is 1.15 bits per heavy atom. The van der Waals surface area contributed by atoms with Crippen molar-refractivity contribution in [3.05, 3.63) is 64.4 Å². The molecule has 1 aliphatic rings. The number of amides is 3. The van der Waals surface area contributed by atoms with E-state index in [1.54, 1.807) is 0 Å². The Hall–Kier alpha value is -2.87. The first-order valence-electron chi connectivity index (χ1n) is 9.60. The summed E-state index contributed by atoms with van der Waals surface area (Å²) in [4.78, 5) is 36.9. The standard InChI is InChI=1S/C20H18ClF4N5O3S/c21-12-6-3-10(20(23,24)25)7-13(12)27-14(31)8-34-19-29-16(26)15(18(33)30-19)28-17(32)9-1-4-11(22)5-2-9/h1-7,15-16,19,29H,8,26H2,(H,27,31)(H,28,32)(H,30,33). The van der Waals surface area contributed by atoms with Gasteiger partial charge in [0.05, 0.1) is 28.2 Å². The highest BCUT2D eigenvalue weighted by Crippen LogP contribution is 2.33. The minimum Gasteiger partial charge on any atom is -0.338 e. The van der Waals surface area contributed by atoms with Crippen LogP contribution in [0.1, 0.15) is 15.9 Å². The summed E-state index contributed by atoms with van der Waals surface area (Å²) in [6.07, 6.45) is -5.62. The van der Waals surface area contributed by atoms with Gasteiger partial charge in [-0.2, -0.15) is 13.2 Å². The summed E-state index contributed by atoms with van der Waals surface area (Å²) in [7, 11) is 0. The molecule has 0 aromatic heterocycles. The number of nitrogens with two attached hydrogens (primary N) is 1. The molecule has 0 radical (unpaired) electrons. The molecule has 3 unspecified atom stereocenters. The van der Waals surface area contributed by atoms with Gasteiger partial charge in [0.25, 0.3) is 5.91 Å². The van der Waals surface area contributed by atoms with Crippen molar-refractivity contribution in [2.75, 3.05) is 11.1 Å². The molecule has 182 valence electrons. The van der Waals surface area contributed by atoms with E-state index < -0.39 is 53.0 Å². The predicted molar refractivity (Wildman–Crippen MR) is 118 cm³/mol. The highest BCUT2D eigenvalue weighted by molar-refractivity contribution is 8.00. The molecule has 1 aliphatic heterocycles. The molecular formula is C20H18ClF4N5O3S. The van der Waals surface area contributed by atoms with Crippen molar-refractivity contribution in [3.8, 4) is 0 Å². The quantitative estimate of drug-likeness (QED) is 0.373. The van der Waals surface area contributed by atoms with E-state index in [1.165, 1.54) is 12.1 Å². The zero-order valence-corrected chi connectivity index (χ0v) is 18.7. The zero-order valence-electron chi connectivity index (χ0n) is 17.1. The molecule has 2 aromatic carbocycles. The summed E-state index contributed by atoms with van der Waals surface area (Å²) in [6, 6.07) is 6.08. The first kappa shape index (κ1) is 25.7. The van der Waals surface area contributed by atoms with Crippen LogP contribution >= 0.6 is 23.4 Å². The number of carbonyl (C=O) groups excluding carboxylic acids is 3. The Morgan fingerprint density at radius 3 is 2.44 bits per heavy atom. The number of benzene rings is 2. The lowest BCUT2D eigenvalue weighted by molar-refractivity contribution is -0.137. The minimum absolute atomic E-state index is 0.0720. The van der Waals surface area contributed by atoms with Crippen LogP contribution in [-0.2, 0) is 15.8 Å². The fourth-order valence-corrected chi connectivity index (χ4v) is 3.92. The van der Waals surface area contributed by atoms with Gasteiger partial charge in [0.15, 0.2) is 0 Å². The Labute approximate surface area is 200 Å². The SMILES string of the molecule is NC1NC(SCC(=O)Nc2cc(C(F)(F)F)ccc2Cl)NC(=O)C1NC(=O)c1ccc(F)cc1. The smallest absolute Gasteiger partial charge is 0.338 e. The van der Waals surface area contributed by atoms with Crippen LogP contribution in [0.3, 0.4) is 0 Å². The van der Waals surface area contributed by atoms with Gasteiger partial charge in [-0.05, 0) is 42.5 Å². The Kier molecular flexibility index (Phi) is 8.02. The fraction of sp³-hybridized carbons (Fsp3) is 0.250. The van der Waals surface area contributed by atoms with Crippen LogP contribution in [0.2, 0.25) is 5.02 Å². The van der Waals surface area contributed by atoms with Crippen molar-refractivity contribution in [1.82, 2.24) is 16.0 Å². The van der Waals surface area contributed by atoms with Gasteiger partial charge in [0.1, 0.15) is 17.4 Å². The predicted octanol–water partition coefficient (Wildman–Crippen LogP) is 2.26. The number of thioether (sulfide) groups is 1. The highest BCUT2D eigenvalue weighted by Gasteiger charge is 2.36. The van der Waals surface area contributed by atoms with E-state index in [2.05, 4.69) is 21.3 Å². The van der Waals surface area contributed by atoms with Crippen molar-refractivity contribution < 1.29 is 31.9 Å². The molecular weight excluding hydrogens is 502 g/mol. The number of hydrogen-bond acceptors (Lipinski definition) is 6. The van der Waals surface area contributed by atoms with Crippen LogP contribution < -0.4 is 27.0 Å². The van der Waals surface area contributed by atoms with Gasteiger partial charge < -0.3 is 21.7 Å². The summed E-state index contributed by atoms with van der Waals surface area (Å²) in [5.74, 6) is -2.71. The molecule has 6 N–H and O–H groups in total. The molecule has 8 nitrogen and oxygen atoms in total. The second-order valence-electron chi connectivity index (χ2n) is 7.09. The summed E-state index contributed by atoms with van der Waals surface area (Å²) in [5.41, 5.74) is 4.07. The van der Waals surface area contributed by atoms with E-state index >= 15 is 0 Å². The summed E-state index contributed by atoms with van der Waals surface area (Å²) >= 11 is 6.77. The van der Waals surface area contributed by atoms with Crippen LogP contribution in [0.15, 0.2) is 42.5 Å². The van der Waals surface area contributed by atoms with Gasteiger partial charge in [-0.3, -0.25) is 19.7 Å². The van der Waals surface area contributed by atoms with Gasteiger partial charge in [-0.15, -0.1) is 11.8 Å². The molecule has 14 heteroatoms. The topological polar surface area (TPSA) is 125 Å². The maximum absolute atomic E-state index is 13.0. The second kappa shape index (κ2) is 10.6. The molecule has 1 saturated heterocycles. The number of halogens is 5. The van der Waals surface area contributed by atoms with Crippen molar-refractivity contribution in [2.45, 2.75) is 23.9 Å². The van der Waals surface area contributed by atoms with E-state index in [1.807, 2.05) is 0 Å². The molecule has 3 amide bonds. The van der Waals surface area contributed by atoms with E-state index in [0.717, 1.165) is 42.1 Å². The number of hydrogen-bond donors (Lipinski definition) is 5. The molecule has 1 fully saturated rings. The third-order valence-corrected chi connectivity index (χ3v) is 5.95. The molecule has 0 spiro atoms. The van der Waals surface area contributed by atoms with Crippen molar-refractivity contribution in [3.63, 3.8) is 0 Å². The summed E-state index contributed by atoms with van der Waals surface area (Å²) in [6.45, 7) is 0. The Balaban J connectivity index is 1.52. The third kappa shape index (κ3) is 6.59. The van der Waals surface area contributed by atoms with Gasteiger partial charge in [-0.25, -0.2) is 4.39 Å². The van der Waals surface area contributed by atoms with E-state index in [4.69, 9.17) is 17.3 Å². The molecule has 2 aromatic rings. The van der Waals surface area contributed by atoms with Crippen LogP contribution in [0.4, 0.5) is 23.2 Å². The molecule has 0 aliphatic carbocycles. The van der Waals surface area contributed by atoms with Crippen LogP contribution in [0, 0.1) is 5.82 Å². The van der Waals surface area contributed by atoms with Crippen molar-refractivity contribution in [1.29, 1.82) is 0 Å². The highest BCUT2D eigenvalue weighted by atomic mass is 35.5. The largest absolute Gasteiger partial charge is 0.416 e. The molecule has 3 atom stereocenters. The van der Waals surface area contributed by atoms with Crippen LogP contribution in [-0.4, -0.2) is 41.2 Å². The maximum Gasteiger partial charge on any atom is 0.416 e. The van der Waals surface area contributed by atoms with Gasteiger partial charge in [0.2, 0.25) is 11.8 Å². The molecule has 1 heterocycles. The molecule has 34 heavy (non-hydrogen) atoms. The number of anilines is 1. The monoisotopic (exact) mass is 519 g/mol. The lowest BCUT2D eigenvalue weighted by atomic mass is 10.1. The number of nitrogens with one attached hydrogen (secondary N) is 4. The van der Waals surface area contributed by atoms with Crippen molar-refractivity contribution in [2.24, 2.45) is 5.73 Å². The zero-order chi connectivity index (χ0) is 25.0. The summed E-state index contributed by atoms with van der Waals surface area (Å²) in [5, 5.41) is 9.99. The number of alkyl halides is 3. The minimum atomic E-state index is -4.60. The first-order chi connectivity index (χ1) is 15.9. The Bertz CT molecular complexity index is 1090. The molecule has 0 bridgehead atoms. The average molecular weight is 520 g/mol. The maximum atomic E-state index is 13.0. The lowest BCUT2D eigenvalue weighted by Crippen LogP contribution is -2.70. The van der Waals surface area contributed by atoms with Gasteiger partial charge in [-0.1, -0.05) is 11.6 Å². The van der Waals surface area contributed by atoms with Gasteiger partial charge in [0, 0.05) is 5.56 Å². The molecule has 0 saturated carbocycles. The van der Waals surface area contributed by atoms with Crippen LogP contribution in [0.5, 0.6) is 0 Å². The third-order valence-electron chi connectivity index (χ3n) is 4.60. The number of carbonyl (C=O) groups is 3. The van der Waals surface area contributed by atoms with Crippen LogP contribution in [0.25, 0.3) is 0 Å². The molecule has 3 rings (SSSR count). The van der Waals surface area contributed by atoms with E-state index in [9.17, 15) is 31.9 Å². The first-order valence-corrected chi connectivity index (χ1v) is 11.0.